The van der Waals surface area contributed by atoms with Gasteiger partial charge in [-0.3, -0.25) is 5.17 Å². The molecule has 2 unspecified atom stereocenters. The molecule has 0 aromatic rings. The average Bonchev–Trinajstić information content (AvgIpc) is 1.91. The van der Waals surface area contributed by atoms with E-state index in [0.29, 0.717) is 0 Å². The van der Waals surface area contributed by atoms with Gasteiger partial charge in [-0.25, -0.2) is 0 Å². The molecule has 0 spiro atoms. The molecule has 7 heavy (non-hydrogen) atoms. The highest BCUT2D eigenvalue weighted by Gasteiger charge is 2.15. The van der Waals surface area contributed by atoms with Gasteiger partial charge in [0.05, 0.1) is 6.54 Å². The molecule has 2 atom stereocenters. The van der Waals surface area contributed by atoms with E-state index in [4.69, 9.17) is 0 Å². The number of hydrogen-bond acceptors (Lipinski definition) is 2. The predicted molar refractivity (Wildman–Crippen MR) is 26.4 cm³/mol. The van der Waals surface area contributed by atoms with E-state index in [2.05, 4.69) is 5.43 Å². The summed E-state index contributed by atoms with van der Waals surface area (Å²) in [6.07, 6.45) is 1.01. The minimum absolute atomic E-state index is 0.208. The van der Waals surface area contributed by atoms with E-state index in [0.717, 1.165) is 13.0 Å². The molecule has 1 heterocycles. The van der Waals surface area contributed by atoms with Crippen LogP contribution in [0.2, 0.25) is 0 Å². The molecule has 0 saturated carbocycles. The molecule has 0 bridgehead atoms. The standard InChI is InChI=1S/C4H10N2O/c1-4-2-3-5-6(4)7/h4-6H,2-3H2,1H3. The van der Waals surface area contributed by atoms with Gasteiger partial charge >= 0.3 is 0 Å². The summed E-state index contributed by atoms with van der Waals surface area (Å²) in [5.41, 5.74) is 2.73. The topological polar surface area (TPSA) is 39.5 Å². The van der Waals surface area contributed by atoms with Crippen LogP contribution in [0, 0.1) is 5.21 Å². The molecular weight excluding hydrogens is 92.1 g/mol. The average molecular weight is 102 g/mol. The number of quaternary nitrogens is 1. The van der Waals surface area contributed by atoms with E-state index in [9.17, 15) is 5.21 Å². The third-order valence-corrected chi connectivity index (χ3v) is 1.32. The first-order valence-corrected chi connectivity index (χ1v) is 2.58. The lowest BCUT2D eigenvalue weighted by Gasteiger charge is -2.18. The first-order chi connectivity index (χ1) is 3.30. The van der Waals surface area contributed by atoms with Crippen LogP contribution < -0.4 is 10.6 Å². The fourth-order valence-corrected chi connectivity index (χ4v) is 0.717. The van der Waals surface area contributed by atoms with Crippen LogP contribution in [0.15, 0.2) is 0 Å². The molecule has 3 nitrogen and oxygen atoms in total. The SMILES string of the molecule is CC1CCN[NH+]1[O-]. The third kappa shape index (κ3) is 0.907. The predicted octanol–water partition coefficient (Wildman–Crippen LogP) is -1.33. The van der Waals surface area contributed by atoms with E-state index in [1.54, 1.807) is 0 Å². The Hall–Kier alpha value is -0.120. The van der Waals surface area contributed by atoms with Crippen molar-refractivity contribution < 1.29 is 5.17 Å². The van der Waals surface area contributed by atoms with Crippen molar-refractivity contribution in [1.82, 2.24) is 5.43 Å². The lowest BCUT2D eigenvalue weighted by atomic mass is 10.3. The molecular formula is C4H10N2O. The van der Waals surface area contributed by atoms with E-state index in [-0.39, 0.29) is 11.2 Å². The molecule has 1 saturated heterocycles. The van der Waals surface area contributed by atoms with Gasteiger partial charge in [-0.15, -0.1) is 0 Å². The molecule has 0 aliphatic carbocycles. The van der Waals surface area contributed by atoms with Gasteiger partial charge in [-0.1, -0.05) is 0 Å². The maximum atomic E-state index is 10.5. The number of hydrogen-bond donors (Lipinski definition) is 2. The molecule has 3 heteroatoms. The molecule has 0 amide bonds. The fraction of sp³-hybridized carbons (Fsp3) is 1.00. The Kier molecular flexibility index (Phi) is 1.27. The Morgan fingerprint density at radius 3 is 2.71 bits per heavy atom. The Morgan fingerprint density at radius 2 is 2.57 bits per heavy atom. The molecule has 0 aromatic heterocycles. The minimum Gasteiger partial charge on any atom is -0.613 e. The summed E-state index contributed by atoms with van der Waals surface area (Å²) in [4.78, 5) is 0. The van der Waals surface area contributed by atoms with Gasteiger partial charge in [0.25, 0.3) is 0 Å². The zero-order chi connectivity index (χ0) is 5.28. The van der Waals surface area contributed by atoms with Crippen LogP contribution in [0.1, 0.15) is 13.3 Å². The highest BCUT2D eigenvalue weighted by atomic mass is 16.5. The van der Waals surface area contributed by atoms with Gasteiger partial charge in [0.1, 0.15) is 6.04 Å². The summed E-state index contributed by atoms with van der Waals surface area (Å²) >= 11 is 0. The Balaban J connectivity index is 2.33. The van der Waals surface area contributed by atoms with Gasteiger partial charge in [-0.05, 0) is 6.92 Å². The van der Waals surface area contributed by atoms with Crippen LogP contribution in [0.4, 0.5) is 0 Å². The number of nitrogens with one attached hydrogen (secondary N) is 2. The van der Waals surface area contributed by atoms with E-state index in [1.165, 1.54) is 0 Å². The van der Waals surface area contributed by atoms with Crippen LogP contribution in [-0.2, 0) is 0 Å². The molecule has 1 aliphatic rings. The third-order valence-electron chi connectivity index (χ3n) is 1.32. The summed E-state index contributed by atoms with van der Waals surface area (Å²) in [6.45, 7) is 2.82. The molecule has 42 valence electrons. The van der Waals surface area contributed by atoms with Crippen LogP contribution in [-0.4, -0.2) is 12.6 Å². The fourth-order valence-electron chi connectivity index (χ4n) is 0.717. The van der Waals surface area contributed by atoms with Crippen molar-refractivity contribution in [2.45, 2.75) is 19.4 Å². The Labute approximate surface area is 42.9 Å². The van der Waals surface area contributed by atoms with Gasteiger partial charge < -0.3 is 5.21 Å². The normalized spacial score (nSPS) is 42.0. The number of rotatable bonds is 0. The zero-order valence-electron chi connectivity index (χ0n) is 4.40. The molecule has 2 N–H and O–H groups in total. The van der Waals surface area contributed by atoms with Gasteiger partial charge in [0.2, 0.25) is 0 Å². The Morgan fingerprint density at radius 1 is 1.86 bits per heavy atom. The highest BCUT2D eigenvalue weighted by Crippen LogP contribution is 1.85. The molecule has 1 fully saturated rings. The van der Waals surface area contributed by atoms with Crippen LogP contribution in [0.5, 0.6) is 0 Å². The minimum atomic E-state index is 0.208. The second-order valence-electron chi connectivity index (χ2n) is 1.98. The lowest BCUT2D eigenvalue weighted by Crippen LogP contribution is -3.14. The van der Waals surface area contributed by atoms with Crippen molar-refractivity contribution in [1.29, 1.82) is 0 Å². The van der Waals surface area contributed by atoms with Crippen molar-refractivity contribution in [2.75, 3.05) is 6.54 Å². The maximum absolute atomic E-state index is 10.5. The van der Waals surface area contributed by atoms with Gasteiger partial charge in [0, 0.05) is 6.42 Å². The summed E-state index contributed by atoms with van der Waals surface area (Å²) in [7, 11) is 0. The van der Waals surface area contributed by atoms with E-state index >= 15 is 0 Å². The Bertz CT molecular complexity index is 58.7. The quantitative estimate of drug-likeness (QED) is 0.372. The highest BCUT2D eigenvalue weighted by molar-refractivity contribution is 4.53. The lowest BCUT2D eigenvalue weighted by molar-refractivity contribution is -0.904. The van der Waals surface area contributed by atoms with Gasteiger partial charge in [0.15, 0.2) is 0 Å². The smallest absolute Gasteiger partial charge is 0.103 e. The summed E-state index contributed by atoms with van der Waals surface area (Å²) in [5, 5.41) is 10.7. The summed E-state index contributed by atoms with van der Waals surface area (Å²) < 4.78 is 0. The molecule has 1 rings (SSSR count). The van der Waals surface area contributed by atoms with Crippen molar-refractivity contribution >= 4 is 0 Å². The van der Waals surface area contributed by atoms with Crippen molar-refractivity contribution in [3.05, 3.63) is 5.21 Å². The van der Waals surface area contributed by atoms with Crippen molar-refractivity contribution in [2.24, 2.45) is 0 Å². The van der Waals surface area contributed by atoms with Crippen molar-refractivity contribution in [3.63, 3.8) is 0 Å². The van der Waals surface area contributed by atoms with E-state index in [1.807, 2.05) is 6.92 Å². The summed E-state index contributed by atoms with van der Waals surface area (Å²) in [5.74, 6) is 0. The van der Waals surface area contributed by atoms with E-state index < -0.39 is 0 Å². The van der Waals surface area contributed by atoms with Crippen LogP contribution in [0.25, 0.3) is 0 Å². The first kappa shape index (κ1) is 5.03. The second-order valence-corrected chi connectivity index (χ2v) is 1.98. The summed E-state index contributed by atoms with van der Waals surface area (Å²) in [6, 6.07) is 0.264. The first-order valence-electron chi connectivity index (χ1n) is 2.58. The monoisotopic (exact) mass is 102 g/mol. The molecule has 1 aliphatic heterocycles. The van der Waals surface area contributed by atoms with Crippen LogP contribution >= 0.6 is 0 Å². The largest absolute Gasteiger partial charge is 0.613 e. The molecule has 0 aromatic carbocycles. The van der Waals surface area contributed by atoms with Crippen LogP contribution in [0.3, 0.4) is 0 Å². The molecule has 0 radical (unpaired) electrons. The maximum Gasteiger partial charge on any atom is 0.103 e. The number of hydroxylamine groups is 1. The second kappa shape index (κ2) is 1.78. The van der Waals surface area contributed by atoms with Gasteiger partial charge in [-0.2, -0.15) is 5.43 Å². The zero-order valence-corrected chi connectivity index (χ0v) is 4.40. The van der Waals surface area contributed by atoms with Crippen molar-refractivity contribution in [3.8, 4) is 0 Å².